The highest BCUT2D eigenvalue weighted by atomic mass is 16.5. The van der Waals surface area contributed by atoms with Crippen molar-refractivity contribution in [2.75, 3.05) is 31.8 Å². The second kappa shape index (κ2) is 8.10. The molecule has 2 aromatic carbocycles. The van der Waals surface area contributed by atoms with Crippen LogP contribution in [-0.4, -0.2) is 26.8 Å². The SMILES string of the molecule is COc1ccc(CCNC(=O)Nc2ccc(C)cc2N)cc1OC. The average molecular weight is 329 g/mol. The zero-order valence-electron chi connectivity index (χ0n) is 14.2. The van der Waals surface area contributed by atoms with E-state index < -0.39 is 0 Å². The molecule has 0 fully saturated rings. The summed E-state index contributed by atoms with van der Waals surface area (Å²) in [6, 6.07) is 10.9. The van der Waals surface area contributed by atoms with Crippen molar-refractivity contribution in [3.05, 3.63) is 47.5 Å². The summed E-state index contributed by atoms with van der Waals surface area (Å²) in [6.07, 6.45) is 0.678. The Labute approximate surface area is 142 Å². The molecule has 0 unspecified atom stereocenters. The number of anilines is 2. The van der Waals surface area contributed by atoms with Gasteiger partial charge in [-0.1, -0.05) is 12.1 Å². The van der Waals surface area contributed by atoms with Crippen molar-refractivity contribution >= 4 is 17.4 Å². The Kier molecular flexibility index (Phi) is 5.89. The van der Waals surface area contributed by atoms with Gasteiger partial charge in [0.05, 0.1) is 25.6 Å². The lowest BCUT2D eigenvalue weighted by molar-refractivity contribution is 0.252. The van der Waals surface area contributed by atoms with Gasteiger partial charge in [-0.2, -0.15) is 0 Å². The van der Waals surface area contributed by atoms with E-state index in [0.717, 1.165) is 11.1 Å². The van der Waals surface area contributed by atoms with E-state index in [4.69, 9.17) is 15.2 Å². The average Bonchev–Trinajstić information content (AvgIpc) is 2.57. The normalized spacial score (nSPS) is 10.1. The van der Waals surface area contributed by atoms with E-state index in [-0.39, 0.29) is 6.03 Å². The summed E-state index contributed by atoms with van der Waals surface area (Å²) in [4.78, 5) is 11.9. The van der Waals surface area contributed by atoms with Crippen molar-refractivity contribution in [3.63, 3.8) is 0 Å². The number of amides is 2. The second-order valence-electron chi connectivity index (χ2n) is 5.41. The smallest absolute Gasteiger partial charge is 0.319 e. The first-order valence-electron chi connectivity index (χ1n) is 7.65. The van der Waals surface area contributed by atoms with E-state index in [1.54, 1.807) is 20.3 Å². The minimum Gasteiger partial charge on any atom is -0.493 e. The summed E-state index contributed by atoms with van der Waals surface area (Å²) in [6.45, 7) is 2.44. The molecule has 0 aromatic heterocycles. The van der Waals surface area contributed by atoms with Gasteiger partial charge < -0.3 is 25.8 Å². The molecule has 0 atom stereocenters. The van der Waals surface area contributed by atoms with Crippen LogP contribution in [0.5, 0.6) is 11.5 Å². The largest absolute Gasteiger partial charge is 0.493 e. The molecule has 0 aliphatic rings. The minimum absolute atomic E-state index is 0.286. The van der Waals surface area contributed by atoms with E-state index >= 15 is 0 Å². The van der Waals surface area contributed by atoms with E-state index in [0.29, 0.717) is 35.8 Å². The van der Waals surface area contributed by atoms with Crippen molar-refractivity contribution in [3.8, 4) is 11.5 Å². The molecular weight excluding hydrogens is 306 g/mol. The maximum Gasteiger partial charge on any atom is 0.319 e. The Morgan fingerprint density at radius 2 is 1.83 bits per heavy atom. The summed E-state index contributed by atoms with van der Waals surface area (Å²) >= 11 is 0. The summed E-state index contributed by atoms with van der Waals surface area (Å²) in [5.74, 6) is 1.36. The van der Waals surface area contributed by atoms with Crippen LogP contribution in [0.4, 0.5) is 16.2 Å². The molecule has 2 amide bonds. The molecule has 6 nitrogen and oxygen atoms in total. The van der Waals surface area contributed by atoms with Crippen molar-refractivity contribution in [2.45, 2.75) is 13.3 Å². The molecule has 0 saturated carbocycles. The summed E-state index contributed by atoms with van der Waals surface area (Å²) in [5.41, 5.74) is 9.12. The molecule has 6 heteroatoms. The maximum absolute atomic E-state index is 11.9. The van der Waals surface area contributed by atoms with Gasteiger partial charge in [-0.3, -0.25) is 0 Å². The van der Waals surface area contributed by atoms with E-state index in [9.17, 15) is 4.79 Å². The van der Waals surface area contributed by atoms with Gasteiger partial charge in [0.1, 0.15) is 0 Å². The fourth-order valence-electron chi connectivity index (χ4n) is 2.32. The van der Waals surface area contributed by atoms with Gasteiger partial charge in [-0.25, -0.2) is 4.79 Å². The van der Waals surface area contributed by atoms with Crippen molar-refractivity contribution in [1.29, 1.82) is 0 Å². The fraction of sp³-hybridized carbons (Fsp3) is 0.278. The number of ether oxygens (including phenoxy) is 2. The Balaban J connectivity index is 1.86. The minimum atomic E-state index is -0.286. The van der Waals surface area contributed by atoms with E-state index in [1.165, 1.54) is 0 Å². The Morgan fingerprint density at radius 3 is 2.50 bits per heavy atom. The van der Waals surface area contributed by atoms with Crippen LogP contribution in [0.25, 0.3) is 0 Å². The first-order valence-corrected chi connectivity index (χ1v) is 7.65. The molecule has 2 rings (SSSR count). The number of nitrogens with two attached hydrogens (primary N) is 1. The number of aryl methyl sites for hydroxylation is 1. The molecule has 0 aliphatic carbocycles. The van der Waals surface area contributed by atoms with Crippen LogP contribution in [0.3, 0.4) is 0 Å². The Morgan fingerprint density at radius 1 is 1.08 bits per heavy atom. The molecular formula is C18H23N3O3. The number of nitrogens with one attached hydrogen (secondary N) is 2. The molecule has 0 radical (unpaired) electrons. The van der Waals surface area contributed by atoms with Crippen molar-refractivity contribution in [2.24, 2.45) is 0 Å². The highest BCUT2D eigenvalue weighted by molar-refractivity contribution is 5.92. The van der Waals surface area contributed by atoms with Gasteiger partial charge in [-0.15, -0.1) is 0 Å². The Hall–Kier alpha value is -2.89. The predicted octanol–water partition coefficient (Wildman–Crippen LogP) is 2.96. The van der Waals surface area contributed by atoms with Crippen LogP contribution in [0, 0.1) is 6.92 Å². The third kappa shape index (κ3) is 4.55. The third-order valence-corrected chi connectivity index (χ3v) is 3.60. The van der Waals surface area contributed by atoms with Crippen LogP contribution < -0.4 is 25.8 Å². The highest BCUT2D eigenvalue weighted by Gasteiger charge is 2.07. The summed E-state index contributed by atoms with van der Waals surface area (Å²) < 4.78 is 10.5. The first kappa shape index (κ1) is 17.5. The van der Waals surface area contributed by atoms with Crippen LogP contribution in [0.15, 0.2) is 36.4 Å². The van der Waals surface area contributed by atoms with Crippen LogP contribution >= 0.6 is 0 Å². The van der Waals surface area contributed by atoms with Gasteiger partial charge >= 0.3 is 6.03 Å². The molecule has 2 aromatic rings. The summed E-state index contributed by atoms with van der Waals surface area (Å²) in [7, 11) is 3.19. The van der Waals surface area contributed by atoms with Crippen molar-refractivity contribution in [1.82, 2.24) is 5.32 Å². The number of carbonyl (C=O) groups is 1. The van der Waals surface area contributed by atoms with Gasteiger partial charge in [0.2, 0.25) is 0 Å². The topological polar surface area (TPSA) is 85.6 Å². The number of hydrogen-bond acceptors (Lipinski definition) is 4. The van der Waals surface area contributed by atoms with Crippen molar-refractivity contribution < 1.29 is 14.3 Å². The molecule has 0 spiro atoms. The lowest BCUT2D eigenvalue weighted by Crippen LogP contribution is -2.30. The molecule has 0 heterocycles. The number of benzene rings is 2. The quantitative estimate of drug-likeness (QED) is 0.711. The standard InChI is InChI=1S/C18H23N3O3/c1-12-4-6-15(14(19)10-12)21-18(22)20-9-8-13-5-7-16(23-2)17(11-13)24-3/h4-7,10-11H,8-9,19H2,1-3H3,(H2,20,21,22). The number of hydrogen-bond donors (Lipinski definition) is 3. The lowest BCUT2D eigenvalue weighted by atomic mass is 10.1. The molecule has 128 valence electrons. The van der Waals surface area contributed by atoms with Crippen LogP contribution in [0.1, 0.15) is 11.1 Å². The number of nitrogen functional groups attached to an aromatic ring is 1. The van der Waals surface area contributed by atoms with Crippen LogP contribution in [-0.2, 0) is 6.42 Å². The van der Waals surface area contributed by atoms with Crippen LogP contribution in [0.2, 0.25) is 0 Å². The predicted molar refractivity (Wildman–Crippen MR) is 95.9 cm³/mol. The number of carbonyl (C=O) groups excluding carboxylic acids is 1. The number of methoxy groups -OCH3 is 2. The van der Waals surface area contributed by atoms with Gasteiger partial charge in [0.25, 0.3) is 0 Å². The monoisotopic (exact) mass is 329 g/mol. The maximum atomic E-state index is 11.9. The molecule has 4 N–H and O–H groups in total. The Bertz CT molecular complexity index is 717. The number of rotatable bonds is 6. The van der Waals surface area contributed by atoms with Gasteiger partial charge in [0, 0.05) is 6.54 Å². The molecule has 24 heavy (non-hydrogen) atoms. The molecule has 0 saturated heterocycles. The number of urea groups is 1. The fourth-order valence-corrected chi connectivity index (χ4v) is 2.32. The van der Waals surface area contributed by atoms with Gasteiger partial charge in [0.15, 0.2) is 11.5 Å². The van der Waals surface area contributed by atoms with Gasteiger partial charge in [-0.05, 0) is 48.7 Å². The molecule has 0 bridgehead atoms. The lowest BCUT2D eigenvalue weighted by Gasteiger charge is -2.11. The van der Waals surface area contributed by atoms with E-state index in [2.05, 4.69) is 10.6 Å². The third-order valence-electron chi connectivity index (χ3n) is 3.60. The first-order chi connectivity index (χ1) is 11.5. The molecule has 0 aliphatic heterocycles. The summed E-state index contributed by atoms with van der Waals surface area (Å²) in [5, 5.41) is 5.55. The zero-order valence-corrected chi connectivity index (χ0v) is 14.2. The zero-order chi connectivity index (χ0) is 17.5. The highest BCUT2D eigenvalue weighted by Crippen LogP contribution is 2.27. The second-order valence-corrected chi connectivity index (χ2v) is 5.41. The van der Waals surface area contributed by atoms with E-state index in [1.807, 2.05) is 37.3 Å².